The maximum absolute atomic E-state index is 13.5. The first-order chi connectivity index (χ1) is 17.0. The molecule has 0 bridgehead atoms. The van der Waals surface area contributed by atoms with E-state index >= 15 is 0 Å². The first kappa shape index (κ1) is 31.3. The molecule has 1 saturated heterocycles. The summed E-state index contributed by atoms with van der Waals surface area (Å²) in [5, 5.41) is 14.4. The van der Waals surface area contributed by atoms with E-state index in [0.29, 0.717) is 44.6 Å². The van der Waals surface area contributed by atoms with Crippen LogP contribution in [0.4, 0.5) is 0 Å². The molecular weight excluding hydrogens is 460 g/mol. The van der Waals surface area contributed by atoms with E-state index in [9.17, 15) is 19.2 Å². The highest BCUT2D eigenvalue weighted by Gasteiger charge is 2.37. The Labute approximate surface area is 216 Å². The highest BCUT2D eigenvalue weighted by atomic mass is 16.2. The topological polar surface area (TPSA) is 154 Å². The van der Waals surface area contributed by atoms with E-state index in [1.54, 1.807) is 20.8 Å². The van der Waals surface area contributed by atoms with Crippen LogP contribution in [0.2, 0.25) is 0 Å². The molecule has 1 heterocycles. The second-order valence-electron chi connectivity index (χ2n) is 10.2. The summed E-state index contributed by atoms with van der Waals surface area (Å²) in [6.45, 7) is 11.7. The Kier molecular flexibility index (Phi) is 13.9. The number of amides is 4. The highest BCUT2D eigenvalue weighted by Crippen LogP contribution is 2.19. The number of nitrogens with two attached hydrogens (primary N) is 1. The first-order valence-corrected chi connectivity index (χ1v) is 13.4. The third-order valence-electron chi connectivity index (χ3n) is 6.51. The lowest BCUT2D eigenvalue weighted by Crippen LogP contribution is -2.61. The smallest absolute Gasteiger partial charge is 0.246 e. The van der Waals surface area contributed by atoms with Gasteiger partial charge in [0.05, 0.1) is 5.82 Å². The lowest BCUT2D eigenvalue weighted by molar-refractivity contribution is -0.137. The van der Waals surface area contributed by atoms with Crippen molar-refractivity contribution in [1.29, 1.82) is 0 Å². The zero-order chi connectivity index (χ0) is 27.1. The van der Waals surface area contributed by atoms with Crippen molar-refractivity contribution in [3.8, 4) is 0 Å². The quantitative estimate of drug-likeness (QED) is 0.273. The van der Waals surface area contributed by atoms with Crippen molar-refractivity contribution in [2.24, 2.45) is 11.7 Å². The normalized spacial score (nSPS) is 25.2. The number of hydrogen-bond donors (Lipinski definition) is 6. The monoisotopic (exact) mass is 508 g/mol. The highest BCUT2D eigenvalue weighted by molar-refractivity contribution is 5.96. The number of rotatable bonds is 8. The van der Waals surface area contributed by atoms with Gasteiger partial charge in [0.25, 0.3) is 0 Å². The fraction of sp³-hybridized carbons (Fsp3) is 0.769. The molecule has 10 heteroatoms. The SMILES string of the molecule is C=C(N)NCCC[C@@H]1NC(=O)[C@@](C)(NC(=O)C(C)C)CCCCCCCCNC(=O)[C@H](CC)NC1=O. The van der Waals surface area contributed by atoms with Gasteiger partial charge in [0.2, 0.25) is 23.6 Å². The summed E-state index contributed by atoms with van der Waals surface area (Å²) in [4.78, 5) is 51.9. The van der Waals surface area contributed by atoms with E-state index in [1.165, 1.54) is 0 Å². The molecule has 206 valence electrons. The van der Waals surface area contributed by atoms with Crippen molar-refractivity contribution in [1.82, 2.24) is 26.6 Å². The zero-order valence-electron chi connectivity index (χ0n) is 22.6. The van der Waals surface area contributed by atoms with Gasteiger partial charge in [-0.15, -0.1) is 0 Å². The van der Waals surface area contributed by atoms with Crippen molar-refractivity contribution >= 4 is 23.6 Å². The fourth-order valence-electron chi connectivity index (χ4n) is 4.06. The van der Waals surface area contributed by atoms with Crippen molar-refractivity contribution < 1.29 is 19.2 Å². The van der Waals surface area contributed by atoms with Gasteiger partial charge >= 0.3 is 0 Å². The van der Waals surface area contributed by atoms with Crippen LogP contribution in [0.5, 0.6) is 0 Å². The lowest BCUT2D eigenvalue weighted by Gasteiger charge is -2.32. The molecule has 0 aromatic rings. The molecule has 3 atom stereocenters. The van der Waals surface area contributed by atoms with Crippen LogP contribution in [0.25, 0.3) is 0 Å². The fourth-order valence-corrected chi connectivity index (χ4v) is 4.06. The van der Waals surface area contributed by atoms with E-state index < -0.39 is 29.4 Å². The average molecular weight is 509 g/mol. The van der Waals surface area contributed by atoms with Gasteiger partial charge in [-0.1, -0.05) is 59.5 Å². The molecule has 4 amide bonds. The minimum atomic E-state index is -1.15. The average Bonchev–Trinajstić information content (AvgIpc) is 2.81. The molecule has 0 unspecified atom stereocenters. The summed E-state index contributed by atoms with van der Waals surface area (Å²) < 4.78 is 0. The number of carbonyl (C=O) groups is 4. The Morgan fingerprint density at radius 1 is 1.06 bits per heavy atom. The van der Waals surface area contributed by atoms with Gasteiger partial charge < -0.3 is 32.3 Å². The minimum absolute atomic E-state index is 0.215. The molecule has 10 nitrogen and oxygen atoms in total. The van der Waals surface area contributed by atoms with Gasteiger partial charge in [-0.05, 0) is 39.0 Å². The van der Waals surface area contributed by atoms with Crippen LogP contribution >= 0.6 is 0 Å². The minimum Gasteiger partial charge on any atom is -0.386 e. The molecule has 36 heavy (non-hydrogen) atoms. The molecular formula is C26H48N6O4. The Morgan fingerprint density at radius 2 is 1.69 bits per heavy atom. The Balaban J connectivity index is 3.16. The zero-order valence-corrected chi connectivity index (χ0v) is 22.6. The molecule has 0 spiro atoms. The molecule has 0 radical (unpaired) electrons. The number of carbonyl (C=O) groups excluding carboxylic acids is 4. The van der Waals surface area contributed by atoms with Gasteiger partial charge in [0.15, 0.2) is 0 Å². The third-order valence-corrected chi connectivity index (χ3v) is 6.51. The van der Waals surface area contributed by atoms with Crippen LogP contribution in [0.1, 0.15) is 91.9 Å². The number of hydrogen-bond acceptors (Lipinski definition) is 6. The summed E-state index contributed by atoms with van der Waals surface area (Å²) in [6.07, 6.45) is 7.39. The van der Waals surface area contributed by atoms with E-state index in [1.807, 2.05) is 6.92 Å². The van der Waals surface area contributed by atoms with Crippen LogP contribution in [0.3, 0.4) is 0 Å². The Morgan fingerprint density at radius 3 is 2.31 bits per heavy atom. The standard InChI is InChI=1S/C26H48N6O4/c1-6-20-23(34)29-16-12-10-8-7-9-11-15-26(5,32-22(33)18(2)3)25(36)31-21(24(35)30-20)14-13-17-28-19(4)27/h18,20-21,28H,4,6-17,27H2,1-3,5H3,(H,29,34)(H,30,35)(H,31,36)(H,32,33)/t20-,21-,26-/m0/s1. The number of nitrogens with one attached hydrogen (secondary N) is 5. The van der Waals surface area contributed by atoms with Crippen LogP contribution < -0.4 is 32.3 Å². The molecule has 1 fully saturated rings. The molecule has 0 aromatic carbocycles. The van der Waals surface area contributed by atoms with E-state index in [0.717, 1.165) is 38.5 Å². The van der Waals surface area contributed by atoms with E-state index in [-0.39, 0.29) is 17.7 Å². The van der Waals surface area contributed by atoms with Crippen molar-refractivity contribution in [2.45, 2.75) is 110 Å². The first-order valence-electron chi connectivity index (χ1n) is 13.4. The summed E-state index contributed by atoms with van der Waals surface area (Å²) >= 11 is 0. The van der Waals surface area contributed by atoms with Crippen molar-refractivity contribution in [3.05, 3.63) is 12.4 Å². The Hall–Kier alpha value is -2.78. The summed E-state index contributed by atoms with van der Waals surface area (Å²) in [7, 11) is 0. The van der Waals surface area contributed by atoms with Crippen LogP contribution in [0, 0.1) is 5.92 Å². The second kappa shape index (κ2) is 16.1. The third kappa shape index (κ3) is 11.3. The molecule has 0 aromatic heterocycles. The van der Waals surface area contributed by atoms with Crippen LogP contribution in [-0.4, -0.2) is 54.3 Å². The molecule has 1 aliphatic rings. The molecule has 1 aliphatic heterocycles. The lowest BCUT2D eigenvalue weighted by atomic mass is 9.91. The molecule has 1 rings (SSSR count). The predicted molar refractivity (Wildman–Crippen MR) is 141 cm³/mol. The van der Waals surface area contributed by atoms with Gasteiger partial charge in [-0.25, -0.2) is 0 Å². The van der Waals surface area contributed by atoms with E-state index in [2.05, 4.69) is 33.2 Å². The summed E-state index contributed by atoms with van der Waals surface area (Å²) in [6, 6.07) is -1.57. The van der Waals surface area contributed by atoms with E-state index in [4.69, 9.17) is 5.73 Å². The van der Waals surface area contributed by atoms with Gasteiger partial charge in [-0.3, -0.25) is 19.2 Å². The predicted octanol–water partition coefficient (Wildman–Crippen LogP) is 1.56. The van der Waals surface area contributed by atoms with Crippen molar-refractivity contribution in [2.75, 3.05) is 13.1 Å². The van der Waals surface area contributed by atoms with Gasteiger partial charge in [-0.2, -0.15) is 0 Å². The Bertz CT molecular complexity index is 757. The molecule has 7 N–H and O–H groups in total. The van der Waals surface area contributed by atoms with Crippen LogP contribution in [0.15, 0.2) is 12.4 Å². The van der Waals surface area contributed by atoms with Crippen molar-refractivity contribution in [3.63, 3.8) is 0 Å². The molecule has 0 aliphatic carbocycles. The second-order valence-corrected chi connectivity index (χ2v) is 10.2. The summed E-state index contributed by atoms with van der Waals surface area (Å²) in [5.41, 5.74) is 4.40. The maximum atomic E-state index is 13.5. The van der Waals surface area contributed by atoms with Gasteiger partial charge in [0.1, 0.15) is 17.6 Å². The molecule has 0 saturated carbocycles. The van der Waals surface area contributed by atoms with Gasteiger partial charge in [0, 0.05) is 19.0 Å². The summed E-state index contributed by atoms with van der Waals surface area (Å²) in [5.74, 6) is -1.24. The van der Waals surface area contributed by atoms with Crippen LogP contribution in [-0.2, 0) is 19.2 Å². The largest absolute Gasteiger partial charge is 0.386 e. The maximum Gasteiger partial charge on any atom is 0.246 e.